The van der Waals surface area contributed by atoms with Gasteiger partial charge < -0.3 is 15.4 Å². The Kier molecular flexibility index (Phi) is 7.81. The maximum atomic E-state index is 12.4. The third kappa shape index (κ3) is 5.97. The van der Waals surface area contributed by atoms with Crippen LogP contribution in [0.25, 0.3) is 0 Å². The van der Waals surface area contributed by atoms with Crippen LogP contribution in [0, 0.1) is 5.92 Å². The van der Waals surface area contributed by atoms with Crippen LogP contribution in [0.2, 0.25) is 0 Å². The number of thiophene rings is 1. The minimum atomic E-state index is -0.172. The van der Waals surface area contributed by atoms with E-state index in [0.29, 0.717) is 35.2 Å². The lowest BCUT2D eigenvalue weighted by molar-refractivity contribution is 0.0251. The van der Waals surface area contributed by atoms with Gasteiger partial charge in [-0.2, -0.15) is 0 Å². The van der Waals surface area contributed by atoms with Crippen molar-refractivity contribution >= 4 is 28.8 Å². The third-order valence-corrected chi connectivity index (χ3v) is 4.83. The van der Waals surface area contributed by atoms with Crippen LogP contribution in [-0.4, -0.2) is 31.1 Å². The van der Waals surface area contributed by atoms with E-state index < -0.39 is 0 Å². The predicted molar refractivity (Wildman–Crippen MR) is 106 cm³/mol. The summed E-state index contributed by atoms with van der Waals surface area (Å²) in [6, 6.07) is 10.5. The van der Waals surface area contributed by atoms with Crippen molar-refractivity contribution in [1.29, 1.82) is 0 Å². The Bertz CT molecular complexity index is 714. The summed E-state index contributed by atoms with van der Waals surface area (Å²) < 4.78 is 5.69. The number of hydrogen-bond acceptors (Lipinski definition) is 4. The quantitative estimate of drug-likeness (QED) is 0.692. The molecule has 0 aliphatic heterocycles. The van der Waals surface area contributed by atoms with E-state index in [1.165, 1.54) is 11.3 Å². The van der Waals surface area contributed by atoms with Gasteiger partial charge in [-0.3, -0.25) is 9.59 Å². The van der Waals surface area contributed by atoms with E-state index in [0.717, 1.165) is 6.42 Å². The Morgan fingerprint density at radius 1 is 1.15 bits per heavy atom. The lowest BCUT2D eigenvalue weighted by Crippen LogP contribution is -2.30. The van der Waals surface area contributed by atoms with Gasteiger partial charge in [0.05, 0.1) is 11.0 Å². The molecule has 0 bridgehead atoms. The Balaban J connectivity index is 1.90. The van der Waals surface area contributed by atoms with E-state index in [9.17, 15) is 9.59 Å². The first-order chi connectivity index (χ1) is 12.5. The molecule has 5 nitrogen and oxygen atoms in total. The Labute approximate surface area is 158 Å². The van der Waals surface area contributed by atoms with Gasteiger partial charge in [0, 0.05) is 24.4 Å². The highest BCUT2D eigenvalue weighted by Crippen LogP contribution is 2.15. The summed E-state index contributed by atoms with van der Waals surface area (Å²) >= 11 is 1.38. The van der Waals surface area contributed by atoms with E-state index in [1.807, 2.05) is 18.4 Å². The maximum Gasteiger partial charge on any atom is 0.265 e. The number of nitrogens with one attached hydrogen (secondary N) is 2. The molecule has 1 atom stereocenters. The topological polar surface area (TPSA) is 67.4 Å². The number of carbonyl (C=O) groups is 2. The first-order valence-corrected chi connectivity index (χ1v) is 9.74. The van der Waals surface area contributed by atoms with E-state index >= 15 is 0 Å². The Morgan fingerprint density at radius 3 is 2.62 bits per heavy atom. The van der Waals surface area contributed by atoms with Crippen LogP contribution in [0.5, 0.6) is 0 Å². The maximum absolute atomic E-state index is 12.4. The zero-order valence-electron chi connectivity index (χ0n) is 15.5. The molecule has 2 N–H and O–H groups in total. The molecule has 0 saturated carbocycles. The fraction of sp³-hybridized carbons (Fsp3) is 0.400. The van der Waals surface area contributed by atoms with E-state index in [2.05, 4.69) is 24.5 Å². The molecule has 26 heavy (non-hydrogen) atoms. The molecule has 2 rings (SSSR count). The number of carbonyl (C=O) groups excluding carboxylic acids is 2. The number of anilines is 1. The van der Waals surface area contributed by atoms with Crippen LogP contribution in [0.15, 0.2) is 41.8 Å². The molecule has 0 aliphatic carbocycles. The molecular formula is C20H26N2O3S. The predicted octanol–water partition coefficient (Wildman–Crippen LogP) is 4.18. The normalized spacial score (nSPS) is 12.0. The molecule has 0 unspecified atom stereocenters. The SMILES string of the molecule is CCO[C@@H](CCNC(=O)c1cccc(NC(=O)c2cccs2)c1)C(C)C. The molecule has 1 aromatic heterocycles. The first kappa shape index (κ1) is 20.1. The number of rotatable bonds is 9. The Morgan fingerprint density at radius 2 is 1.96 bits per heavy atom. The summed E-state index contributed by atoms with van der Waals surface area (Å²) in [5.41, 5.74) is 1.12. The molecule has 0 spiro atoms. The van der Waals surface area contributed by atoms with Crippen LogP contribution in [0.4, 0.5) is 5.69 Å². The zero-order chi connectivity index (χ0) is 18.9. The van der Waals surface area contributed by atoms with Crippen LogP contribution in [-0.2, 0) is 4.74 Å². The van der Waals surface area contributed by atoms with E-state index in [-0.39, 0.29) is 17.9 Å². The molecular weight excluding hydrogens is 348 g/mol. The second-order valence-electron chi connectivity index (χ2n) is 6.29. The highest BCUT2D eigenvalue weighted by atomic mass is 32.1. The average molecular weight is 375 g/mol. The molecule has 6 heteroatoms. The molecule has 140 valence electrons. The lowest BCUT2D eigenvalue weighted by Gasteiger charge is -2.20. The van der Waals surface area contributed by atoms with Crippen molar-refractivity contribution in [3.63, 3.8) is 0 Å². The first-order valence-electron chi connectivity index (χ1n) is 8.86. The highest BCUT2D eigenvalue weighted by molar-refractivity contribution is 7.12. The number of amides is 2. The summed E-state index contributed by atoms with van der Waals surface area (Å²) in [7, 11) is 0. The largest absolute Gasteiger partial charge is 0.378 e. The van der Waals surface area contributed by atoms with Crippen molar-refractivity contribution in [3.05, 3.63) is 52.2 Å². The molecule has 1 heterocycles. The smallest absolute Gasteiger partial charge is 0.265 e. The second kappa shape index (κ2) is 10.1. The Hall–Kier alpha value is -2.18. The highest BCUT2D eigenvalue weighted by Gasteiger charge is 2.14. The fourth-order valence-corrected chi connectivity index (χ4v) is 3.21. The van der Waals surface area contributed by atoms with Gasteiger partial charge in [-0.05, 0) is 48.9 Å². The summed E-state index contributed by atoms with van der Waals surface area (Å²) in [4.78, 5) is 25.1. The summed E-state index contributed by atoms with van der Waals surface area (Å²) in [5, 5.41) is 7.59. The molecule has 2 aromatic rings. The molecule has 0 aliphatic rings. The van der Waals surface area contributed by atoms with E-state index in [4.69, 9.17) is 4.74 Å². The van der Waals surface area contributed by atoms with Crippen LogP contribution in [0.3, 0.4) is 0 Å². The molecule has 0 saturated heterocycles. The minimum Gasteiger partial charge on any atom is -0.378 e. The van der Waals surface area contributed by atoms with Gasteiger partial charge in [0.1, 0.15) is 0 Å². The van der Waals surface area contributed by atoms with Gasteiger partial charge >= 0.3 is 0 Å². The van der Waals surface area contributed by atoms with Crippen LogP contribution >= 0.6 is 11.3 Å². The average Bonchev–Trinajstić information content (AvgIpc) is 3.15. The van der Waals surface area contributed by atoms with E-state index in [1.54, 1.807) is 30.3 Å². The van der Waals surface area contributed by atoms with Crippen molar-refractivity contribution in [2.75, 3.05) is 18.5 Å². The number of ether oxygens (including phenoxy) is 1. The van der Waals surface area contributed by atoms with Crippen molar-refractivity contribution in [1.82, 2.24) is 5.32 Å². The van der Waals surface area contributed by atoms with Crippen molar-refractivity contribution in [2.24, 2.45) is 5.92 Å². The molecule has 0 radical (unpaired) electrons. The summed E-state index contributed by atoms with van der Waals surface area (Å²) in [6.45, 7) is 7.42. The summed E-state index contributed by atoms with van der Waals surface area (Å²) in [5.74, 6) is 0.0768. The van der Waals surface area contributed by atoms with Crippen molar-refractivity contribution < 1.29 is 14.3 Å². The fourth-order valence-electron chi connectivity index (χ4n) is 2.59. The van der Waals surface area contributed by atoms with Gasteiger partial charge in [-0.25, -0.2) is 0 Å². The van der Waals surface area contributed by atoms with Crippen LogP contribution < -0.4 is 10.6 Å². The summed E-state index contributed by atoms with van der Waals surface area (Å²) in [6.07, 6.45) is 0.906. The van der Waals surface area contributed by atoms with Gasteiger partial charge in [-0.1, -0.05) is 26.0 Å². The van der Waals surface area contributed by atoms with Crippen LogP contribution in [0.1, 0.15) is 47.2 Å². The van der Waals surface area contributed by atoms with Crippen molar-refractivity contribution in [3.8, 4) is 0 Å². The minimum absolute atomic E-state index is 0.136. The number of hydrogen-bond donors (Lipinski definition) is 2. The monoisotopic (exact) mass is 374 g/mol. The molecule has 2 amide bonds. The van der Waals surface area contributed by atoms with Gasteiger partial charge in [0.15, 0.2) is 0 Å². The van der Waals surface area contributed by atoms with Gasteiger partial charge in [-0.15, -0.1) is 11.3 Å². The third-order valence-electron chi connectivity index (χ3n) is 3.97. The molecule has 0 fully saturated rings. The lowest BCUT2D eigenvalue weighted by atomic mass is 10.0. The standard InChI is InChI=1S/C20H26N2O3S/c1-4-25-17(14(2)3)10-11-21-19(23)15-7-5-8-16(13-15)22-20(24)18-9-6-12-26-18/h5-9,12-14,17H,4,10-11H2,1-3H3,(H,21,23)(H,22,24)/t17-/m0/s1. The molecule has 1 aromatic carbocycles. The van der Waals surface area contributed by atoms with Crippen molar-refractivity contribution in [2.45, 2.75) is 33.3 Å². The second-order valence-corrected chi connectivity index (χ2v) is 7.24. The zero-order valence-corrected chi connectivity index (χ0v) is 16.3. The van der Waals surface area contributed by atoms with Gasteiger partial charge in [0.25, 0.3) is 11.8 Å². The van der Waals surface area contributed by atoms with Gasteiger partial charge in [0.2, 0.25) is 0 Å². The number of benzene rings is 1.